The summed E-state index contributed by atoms with van der Waals surface area (Å²) in [7, 11) is 0. The van der Waals surface area contributed by atoms with Crippen LogP contribution in [0.3, 0.4) is 0 Å². The Morgan fingerprint density at radius 1 is 1.11 bits per heavy atom. The standard InChI is InChI=1S/C21H14Cl2N2O2/c1-13-5-6-17(23)11-19(13)25-21(26)15(12-24)10-18-7-8-20(27-18)14-3-2-4-16(22)9-14/h2-11H,1H3,(H,25,26)/b15-10-. The molecule has 1 heterocycles. The lowest BCUT2D eigenvalue weighted by Gasteiger charge is -2.08. The number of nitriles is 1. The molecule has 27 heavy (non-hydrogen) atoms. The first-order valence-corrected chi connectivity index (χ1v) is 8.77. The van der Waals surface area contributed by atoms with Crippen molar-refractivity contribution in [2.24, 2.45) is 0 Å². The molecular weight excluding hydrogens is 383 g/mol. The molecule has 0 unspecified atom stereocenters. The van der Waals surface area contributed by atoms with Gasteiger partial charge in [-0.25, -0.2) is 0 Å². The first-order valence-electron chi connectivity index (χ1n) is 8.01. The van der Waals surface area contributed by atoms with Gasteiger partial charge < -0.3 is 9.73 Å². The second kappa shape index (κ2) is 8.13. The van der Waals surface area contributed by atoms with Crippen LogP contribution in [0, 0.1) is 18.3 Å². The summed E-state index contributed by atoms with van der Waals surface area (Å²) in [6.07, 6.45) is 1.39. The number of carbonyl (C=O) groups is 1. The van der Waals surface area contributed by atoms with E-state index in [1.165, 1.54) is 6.08 Å². The predicted octanol–water partition coefficient (Wildman–Crippen LogP) is 6.11. The average Bonchev–Trinajstić information content (AvgIpc) is 3.11. The van der Waals surface area contributed by atoms with E-state index in [0.29, 0.717) is 27.3 Å². The third-order valence-electron chi connectivity index (χ3n) is 3.84. The number of amides is 1. The number of rotatable bonds is 4. The summed E-state index contributed by atoms with van der Waals surface area (Å²) in [4.78, 5) is 12.4. The monoisotopic (exact) mass is 396 g/mol. The van der Waals surface area contributed by atoms with E-state index in [1.807, 2.05) is 25.1 Å². The van der Waals surface area contributed by atoms with Crippen LogP contribution in [0.2, 0.25) is 10.0 Å². The average molecular weight is 397 g/mol. The van der Waals surface area contributed by atoms with Gasteiger partial charge in [-0.05, 0) is 48.9 Å². The van der Waals surface area contributed by atoms with Crippen LogP contribution < -0.4 is 5.32 Å². The van der Waals surface area contributed by atoms with Gasteiger partial charge in [0.25, 0.3) is 5.91 Å². The molecule has 0 saturated heterocycles. The summed E-state index contributed by atoms with van der Waals surface area (Å²) >= 11 is 12.0. The van der Waals surface area contributed by atoms with Gasteiger partial charge in [0, 0.05) is 27.4 Å². The molecule has 1 amide bonds. The Kier molecular flexibility index (Phi) is 5.66. The number of nitrogens with zero attached hydrogens (tertiary/aromatic N) is 1. The minimum Gasteiger partial charge on any atom is -0.457 e. The Morgan fingerprint density at radius 3 is 2.63 bits per heavy atom. The maximum Gasteiger partial charge on any atom is 0.266 e. The van der Waals surface area contributed by atoms with E-state index in [-0.39, 0.29) is 5.57 Å². The number of hydrogen-bond acceptors (Lipinski definition) is 3. The highest BCUT2D eigenvalue weighted by molar-refractivity contribution is 6.31. The molecule has 2 aromatic carbocycles. The van der Waals surface area contributed by atoms with E-state index >= 15 is 0 Å². The second-order valence-corrected chi connectivity index (χ2v) is 6.67. The van der Waals surface area contributed by atoms with Crippen molar-refractivity contribution >= 4 is 40.9 Å². The zero-order valence-electron chi connectivity index (χ0n) is 14.3. The number of nitrogens with one attached hydrogen (secondary N) is 1. The van der Waals surface area contributed by atoms with Crippen molar-refractivity contribution in [2.75, 3.05) is 5.32 Å². The SMILES string of the molecule is Cc1ccc(Cl)cc1NC(=O)/C(C#N)=C\c1ccc(-c2cccc(Cl)c2)o1. The molecule has 134 valence electrons. The van der Waals surface area contributed by atoms with Gasteiger partial charge >= 0.3 is 0 Å². The summed E-state index contributed by atoms with van der Waals surface area (Å²) in [5, 5.41) is 13.1. The molecule has 3 aromatic rings. The van der Waals surface area contributed by atoms with Gasteiger partial charge in [0.1, 0.15) is 23.2 Å². The first-order chi connectivity index (χ1) is 13.0. The van der Waals surface area contributed by atoms with E-state index in [2.05, 4.69) is 5.32 Å². The Hall–Kier alpha value is -3.00. The zero-order chi connectivity index (χ0) is 19.4. The Labute approximate surface area is 166 Å². The fourth-order valence-corrected chi connectivity index (χ4v) is 2.80. The van der Waals surface area contributed by atoms with Crippen LogP contribution in [0.15, 0.2) is 64.6 Å². The third-order valence-corrected chi connectivity index (χ3v) is 4.31. The fraction of sp³-hybridized carbons (Fsp3) is 0.0476. The van der Waals surface area contributed by atoms with Crippen LogP contribution in [0.25, 0.3) is 17.4 Å². The Morgan fingerprint density at radius 2 is 1.89 bits per heavy atom. The van der Waals surface area contributed by atoms with Crippen molar-refractivity contribution in [1.82, 2.24) is 0 Å². The van der Waals surface area contributed by atoms with Crippen molar-refractivity contribution < 1.29 is 9.21 Å². The number of halogens is 2. The molecule has 0 bridgehead atoms. The first kappa shape index (κ1) is 18.8. The van der Waals surface area contributed by atoms with Crippen molar-refractivity contribution in [3.05, 3.63) is 81.5 Å². The number of furan rings is 1. The molecule has 4 nitrogen and oxygen atoms in total. The van der Waals surface area contributed by atoms with Crippen LogP contribution in [-0.2, 0) is 4.79 Å². The molecule has 0 fully saturated rings. The normalized spacial score (nSPS) is 11.1. The van der Waals surface area contributed by atoms with Gasteiger partial charge in [0.2, 0.25) is 0 Å². The summed E-state index contributed by atoms with van der Waals surface area (Å²) in [5.41, 5.74) is 2.11. The molecule has 0 saturated carbocycles. The lowest BCUT2D eigenvalue weighted by atomic mass is 10.1. The molecule has 1 aromatic heterocycles. The molecule has 3 rings (SSSR count). The summed E-state index contributed by atoms with van der Waals surface area (Å²) in [6, 6.07) is 17.7. The maximum absolute atomic E-state index is 12.4. The second-order valence-electron chi connectivity index (χ2n) is 5.80. The maximum atomic E-state index is 12.4. The topological polar surface area (TPSA) is 66.0 Å². The van der Waals surface area contributed by atoms with Crippen LogP contribution in [0.5, 0.6) is 0 Å². The highest BCUT2D eigenvalue weighted by Gasteiger charge is 2.13. The molecule has 6 heteroatoms. The third kappa shape index (κ3) is 4.59. The smallest absolute Gasteiger partial charge is 0.266 e. The molecule has 0 aliphatic rings. The highest BCUT2D eigenvalue weighted by Crippen LogP contribution is 2.26. The largest absolute Gasteiger partial charge is 0.457 e. The van der Waals surface area contributed by atoms with Gasteiger partial charge in [0.15, 0.2) is 0 Å². The van der Waals surface area contributed by atoms with Gasteiger partial charge in [-0.15, -0.1) is 0 Å². The van der Waals surface area contributed by atoms with E-state index < -0.39 is 5.91 Å². The Bertz CT molecular complexity index is 1080. The van der Waals surface area contributed by atoms with Crippen LogP contribution >= 0.6 is 23.2 Å². The predicted molar refractivity (Wildman–Crippen MR) is 108 cm³/mol. The molecule has 1 N–H and O–H groups in total. The molecule has 0 spiro atoms. The van der Waals surface area contributed by atoms with Crippen molar-refractivity contribution in [2.45, 2.75) is 6.92 Å². The lowest BCUT2D eigenvalue weighted by molar-refractivity contribution is -0.112. The van der Waals surface area contributed by atoms with Gasteiger partial charge in [-0.3, -0.25) is 4.79 Å². The van der Waals surface area contributed by atoms with E-state index in [0.717, 1.165) is 11.1 Å². The van der Waals surface area contributed by atoms with Crippen molar-refractivity contribution in [3.63, 3.8) is 0 Å². The molecule has 0 radical (unpaired) electrons. The highest BCUT2D eigenvalue weighted by atomic mass is 35.5. The Balaban J connectivity index is 1.83. The number of aryl methyl sites for hydroxylation is 1. The number of benzene rings is 2. The van der Waals surface area contributed by atoms with Crippen LogP contribution in [0.4, 0.5) is 5.69 Å². The lowest BCUT2D eigenvalue weighted by Crippen LogP contribution is -2.14. The minimum atomic E-state index is -0.538. The fourth-order valence-electron chi connectivity index (χ4n) is 2.44. The van der Waals surface area contributed by atoms with Gasteiger partial charge in [-0.1, -0.05) is 41.4 Å². The summed E-state index contributed by atoms with van der Waals surface area (Å²) < 4.78 is 5.71. The molecule has 0 aliphatic carbocycles. The van der Waals surface area contributed by atoms with E-state index in [4.69, 9.17) is 27.6 Å². The van der Waals surface area contributed by atoms with Gasteiger partial charge in [0.05, 0.1) is 0 Å². The minimum absolute atomic E-state index is 0.0821. The summed E-state index contributed by atoms with van der Waals surface area (Å²) in [6.45, 7) is 1.84. The van der Waals surface area contributed by atoms with E-state index in [1.54, 1.807) is 42.5 Å². The van der Waals surface area contributed by atoms with Crippen molar-refractivity contribution in [3.8, 4) is 17.4 Å². The molecule has 0 atom stereocenters. The molecule has 0 aliphatic heterocycles. The number of hydrogen-bond donors (Lipinski definition) is 1. The number of carbonyl (C=O) groups excluding carboxylic acids is 1. The molecular formula is C21H14Cl2N2O2. The van der Waals surface area contributed by atoms with Gasteiger partial charge in [-0.2, -0.15) is 5.26 Å². The summed E-state index contributed by atoms with van der Waals surface area (Å²) in [5.74, 6) is 0.440. The van der Waals surface area contributed by atoms with Crippen molar-refractivity contribution in [1.29, 1.82) is 5.26 Å². The number of anilines is 1. The van der Waals surface area contributed by atoms with Crippen LogP contribution in [-0.4, -0.2) is 5.91 Å². The van der Waals surface area contributed by atoms with E-state index in [9.17, 15) is 10.1 Å². The van der Waals surface area contributed by atoms with Crippen LogP contribution in [0.1, 0.15) is 11.3 Å². The quantitative estimate of drug-likeness (QED) is 0.427. The zero-order valence-corrected chi connectivity index (χ0v) is 15.8.